The second kappa shape index (κ2) is 10.3. The van der Waals surface area contributed by atoms with Gasteiger partial charge in [-0.05, 0) is 53.2 Å². The number of hydrogen-bond acceptors (Lipinski definition) is 7. The number of anilines is 1. The number of ether oxygens (including phenoxy) is 3. The summed E-state index contributed by atoms with van der Waals surface area (Å²) in [5, 5.41) is 4.11. The second-order valence-corrected chi connectivity index (χ2v) is 9.21. The molecule has 9 heteroatoms. The Hall–Kier alpha value is -3.98. The fourth-order valence-corrected chi connectivity index (χ4v) is 4.82. The Balaban J connectivity index is 1.35. The lowest BCUT2D eigenvalue weighted by Gasteiger charge is -2.19. The number of rotatable bonds is 7. The minimum absolute atomic E-state index is 0.241. The van der Waals surface area contributed by atoms with Crippen molar-refractivity contribution in [3.05, 3.63) is 65.1 Å². The largest absolute Gasteiger partial charge is 0.493 e. The van der Waals surface area contributed by atoms with Crippen LogP contribution in [0.25, 0.3) is 16.8 Å². The molecule has 1 saturated heterocycles. The summed E-state index contributed by atoms with van der Waals surface area (Å²) in [7, 11) is 0. The van der Waals surface area contributed by atoms with Gasteiger partial charge in [0.2, 0.25) is 5.91 Å². The van der Waals surface area contributed by atoms with Gasteiger partial charge < -0.3 is 19.5 Å². The van der Waals surface area contributed by atoms with Gasteiger partial charge in [-0.25, -0.2) is 0 Å². The van der Waals surface area contributed by atoms with Gasteiger partial charge in [0.1, 0.15) is 25.5 Å². The van der Waals surface area contributed by atoms with Crippen molar-refractivity contribution in [1.82, 2.24) is 4.90 Å². The molecule has 0 radical (unpaired) electrons. The number of thioether (sulfide) groups is 1. The second-order valence-electron chi connectivity index (χ2n) is 8.22. The van der Waals surface area contributed by atoms with E-state index in [2.05, 4.69) is 5.32 Å². The van der Waals surface area contributed by atoms with Crippen molar-refractivity contribution >= 4 is 51.4 Å². The van der Waals surface area contributed by atoms with Crippen LogP contribution in [0.4, 0.5) is 10.5 Å². The van der Waals surface area contributed by atoms with Crippen LogP contribution in [0.1, 0.15) is 18.9 Å². The van der Waals surface area contributed by atoms with E-state index in [4.69, 9.17) is 14.2 Å². The Labute approximate surface area is 212 Å². The van der Waals surface area contributed by atoms with E-state index >= 15 is 0 Å². The number of benzene rings is 3. The van der Waals surface area contributed by atoms with Crippen molar-refractivity contribution in [1.29, 1.82) is 0 Å². The van der Waals surface area contributed by atoms with Crippen LogP contribution >= 0.6 is 11.8 Å². The smallest absolute Gasteiger partial charge is 0.294 e. The fourth-order valence-electron chi connectivity index (χ4n) is 3.99. The van der Waals surface area contributed by atoms with Crippen LogP contribution < -0.4 is 19.5 Å². The number of imide groups is 1. The molecule has 0 aliphatic carbocycles. The third kappa shape index (κ3) is 4.87. The van der Waals surface area contributed by atoms with E-state index < -0.39 is 23.6 Å². The molecule has 3 aromatic rings. The molecule has 184 valence electrons. The maximum atomic E-state index is 13.1. The van der Waals surface area contributed by atoms with Crippen molar-refractivity contribution < 1.29 is 28.6 Å². The number of carbonyl (C=O) groups is 3. The van der Waals surface area contributed by atoms with Crippen LogP contribution in [0, 0.1) is 0 Å². The summed E-state index contributed by atoms with van der Waals surface area (Å²) in [5.74, 6) is 0.762. The minimum atomic E-state index is -0.517. The number of nitrogens with zero attached hydrogens (tertiary/aromatic N) is 1. The lowest BCUT2D eigenvalue weighted by atomic mass is 10.0. The van der Waals surface area contributed by atoms with E-state index in [1.165, 1.54) is 0 Å². The molecule has 3 aromatic carbocycles. The Bertz CT molecular complexity index is 1390. The maximum absolute atomic E-state index is 13.1. The Kier molecular flexibility index (Phi) is 6.81. The maximum Gasteiger partial charge on any atom is 0.294 e. The quantitative estimate of drug-likeness (QED) is 0.449. The van der Waals surface area contributed by atoms with E-state index in [-0.39, 0.29) is 4.91 Å². The van der Waals surface area contributed by atoms with Crippen molar-refractivity contribution in [3.8, 4) is 17.2 Å². The predicted octanol–water partition coefficient (Wildman–Crippen LogP) is 5.07. The van der Waals surface area contributed by atoms with Crippen LogP contribution in [0.15, 0.2) is 59.5 Å². The molecular weight excluding hydrogens is 480 g/mol. The van der Waals surface area contributed by atoms with E-state index in [0.717, 1.165) is 39.4 Å². The molecular formula is C27H24N2O6S. The molecule has 0 unspecified atom stereocenters. The lowest BCUT2D eigenvalue weighted by molar-refractivity contribution is -0.127. The van der Waals surface area contributed by atoms with E-state index in [0.29, 0.717) is 42.8 Å². The molecule has 0 atom stereocenters. The summed E-state index contributed by atoms with van der Waals surface area (Å²) in [5.41, 5.74) is 1.22. The molecule has 2 aliphatic heterocycles. The lowest BCUT2D eigenvalue weighted by Crippen LogP contribution is -2.36. The van der Waals surface area contributed by atoms with Crippen molar-refractivity contribution in [2.24, 2.45) is 0 Å². The highest BCUT2D eigenvalue weighted by Crippen LogP contribution is 2.37. The molecule has 3 amide bonds. The SMILES string of the molecule is CCCOc1ccc2ccccc2c1/C=C1\SC(=O)N(CC(=O)Nc2ccc3c(c2)OCCO3)C1=O. The Morgan fingerprint density at radius 1 is 1.08 bits per heavy atom. The van der Waals surface area contributed by atoms with Crippen molar-refractivity contribution in [2.45, 2.75) is 13.3 Å². The average Bonchev–Trinajstić information content (AvgIpc) is 3.15. The third-order valence-corrected chi connectivity index (χ3v) is 6.58. The van der Waals surface area contributed by atoms with Gasteiger partial charge >= 0.3 is 0 Å². The number of hydrogen-bond donors (Lipinski definition) is 1. The Morgan fingerprint density at radius 2 is 1.89 bits per heavy atom. The molecule has 0 spiro atoms. The summed E-state index contributed by atoms with van der Waals surface area (Å²) >= 11 is 0.811. The van der Waals surface area contributed by atoms with Gasteiger partial charge in [0, 0.05) is 17.3 Å². The monoisotopic (exact) mass is 504 g/mol. The highest BCUT2D eigenvalue weighted by molar-refractivity contribution is 8.18. The van der Waals surface area contributed by atoms with Gasteiger partial charge in [-0.3, -0.25) is 19.3 Å². The van der Waals surface area contributed by atoms with Gasteiger partial charge in [-0.1, -0.05) is 37.3 Å². The number of amides is 3. The molecule has 1 fully saturated rings. The summed E-state index contributed by atoms with van der Waals surface area (Å²) < 4.78 is 16.9. The first-order valence-electron chi connectivity index (χ1n) is 11.6. The van der Waals surface area contributed by atoms with Crippen molar-refractivity contribution in [2.75, 3.05) is 31.7 Å². The number of fused-ring (bicyclic) bond motifs is 2. The fraction of sp³-hybridized carbons (Fsp3) is 0.222. The normalized spacial score (nSPS) is 16.0. The van der Waals surface area contributed by atoms with E-state index in [1.54, 1.807) is 24.3 Å². The van der Waals surface area contributed by atoms with Crippen LogP contribution in [0.5, 0.6) is 17.2 Å². The van der Waals surface area contributed by atoms with E-state index in [9.17, 15) is 14.4 Å². The first-order chi connectivity index (χ1) is 17.5. The highest BCUT2D eigenvalue weighted by atomic mass is 32.2. The Morgan fingerprint density at radius 3 is 2.72 bits per heavy atom. The van der Waals surface area contributed by atoms with Crippen molar-refractivity contribution in [3.63, 3.8) is 0 Å². The topological polar surface area (TPSA) is 94.2 Å². The zero-order valence-electron chi connectivity index (χ0n) is 19.6. The van der Waals surface area contributed by atoms with Crippen LogP contribution in [0.3, 0.4) is 0 Å². The zero-order chi connectivity index (χ0) is 25.1. The summed E-state index contributed by atoms with van der Waals surface area (Å²) in [4.78, 5) is 39.6. The molecule has 2 heterocycles. The van der Waals surface area contributed by atoms with Gasteiger partial charge in [0.15, 0.2) is 11.5 Å². The molecule has 2 aliphatic rings. The summed E-state index contributed by atoms with van der Waals surface area (Å²) in [6, 6.07) is 16.6. The summed E-state index contributed by atoms with van der Waals surface area (Å²) in [6.45, 7) is 3.04. The van der Waals surface area contributed by atoms with Crippen LogP contribution in [0.2, 0.25) is 0 Å². The zero-order valence-corrected chi connectivity index (χ0v) is 20.4. The molecule has 1 N–H and O–H groups in total. The molecule has 5 rings (SSSR count). The highest BCUT2D eigenvalue weighted by Gasteiger charge is 2.36. The predicted molar refractivity (Wildman–Crippen MR) is 138 cm³/mol. The number of carbonyl (C=O) groups excluding carboxylic acids is 3. The average molecular weight is 505 g/mol. The third-order valence-electron chi connectivity index (χ3n) is 5.67. The minimum Gasteiger partial charge on any atom is -0.493 e. The standard InChI is InChI=1S/C27H24N2O6S/c1-2-11-33-21-9-7-17-5-3-4-6-19(17)20(21)15-24-26(31)29(27(32)36-24)16-25(30)28-18-8-10-22-23(14-18)35-13-12-34-22/h3-10,14-15H,2,11-13,16H2,1H3,(H,28,30)/b24-15-. The van der Waals surface area contributed by atoms with Crippen LogP contribution in [-0.4, -0.2) is 48.3 Å². The van der Waals surface area contributed by atoms with Crippen LogP contribution in [-0.2, 0) is 9.59 Å². The molecule has 36 heavy (non-hydrogen) atoms. The van der Waals surface area contributed by atoms with Gasteiger partial charge in [-0.15, -0.1) is 0 Å². The molecule has 0 aromatic heterocycles. The van der Waals surface area contributed by atoms with Gasteiger partial charge in [0.05, 0.1) is 11.5 Å². The first-order valence-corrected chi connectivity index (χ1v) is 12.4. The summed E-state index contributed by atoms with van der Waals surface area (Å²) in [6.07, 6.45) is 2.51. The molecule has 0 saturated carbocycles. The van der Waals surface area contributed by atoms with E-state index in [1.807, 2.05) is 43.3 Å². The molecule has 8 nitrogen and oxygen atoms in total. The first kappa shape index (κ1) is 23.7. The number of nitrogens with one attached hydrogen (secondary N) is 1. The van der Waals surface area contributed by atoms with Gasteiger partial charge in [0.25, 0.3) is 11.1 Å². The molecule has 0 bridgehead atoms. The van der Waals surface area contributed by atoms with Gasteiger partial charge in [-0.2, -0.15) is 0 Å².